The number of benzene rings is 2. The van der Waals surface area contributed by atoms with Gasteiger partial charge in [-0.3, -0.25) is 0 Å². The van der Waals surface area contributed by atoms with E-state index in [0.29, 0.717) is 6.42 Å². The zero-order valence-electron chi connectivity index (χ0n) is 11.8. The van der Waals surface area contributed by atoms with Crippen molar-refractivity contribution in [2.24, 2.45) is 0 Å². The van der Waals surface area contributed by atoms with Gasteiger partial charge in [-0.15, -0.1) is 0 Å². The molecule has 2 rings (SSSR count). The lowest BCUT2D eigenvalue weighted by molar-refractivity contribution is 0.115. The van der Waals surface area contributed by atoms with Crippen LogP contribution in [0.5, 0.6) is 0 Å². The third-order valence-electron chi connectivity index (χ3n) is 3.88. The monoisotopic (exact) mass is 352 g/mol. The molecule has 0 aromatic heterocycles. The minimum Gasteiger partial charge on any atom is -0.395 e. The molecule has 112 valence electrons. The second-order valence-electron chi connectivity index (χ2n) is 5.32. The summed E-state index contributed by atoms with van der Waals surface area (Å²) in [6.07, 6.45) is 0.439. The van der Waals surface area contributed by atoms with Gasteiger partial charge in [-0.2, -0.15) is 0 Å². The lowest BCUT2D eigenvalue weighted by atomic mass is 9.76. The van der Waals surface area contributed by atoms with Crippen molar-refractivity contribution < 1.29 is 14.6 Å². The Morgan fingerprint density at radius 2 is 1.76 bits per heavy atom. The molecule has 0 saturated heterocycles. The smallest absolute Gasteiger partial charge is 0.123 e. The Kier molecular flexibility index (Phi) is 5.14. The highest BCUT2D eigenvalue weighted by molar-refractivity contribution is 9.10. The Morgan fingerprint density at radius 3 is 2.33 bits per heavy atom. The molecule has 2 aromatic rings. The van der Waals surface area contributed by atoms with Crippen LogP contribution in [0.15, 0.2) is 46.9 Å². The highest BCUT2D eigenvalue weighted by Crippen LogP contribution is 2.34. The summed E-state index contributed by atoms with van der Waals surface area (Å²) in [7, 11) is 0. The van der Waals surface area contributed by atoms with Crippen molar-refractivity contribution in [1.29, 1.82) is 0 Å². The van der Waals surface area contributed by atoms with Crippen LogP contribution >= 0.6 is 15.9 Å². The molecule has 0 atom stereocenters. The van der Waals surface area contributed by atoms with Crippen LogP contribution in [0.4, 0.5) is 4.39 Å². The number of hydrogen-bond donors (Lipinski definition) is 2. The molecule has 0 saturated carbocycles. The number of hydrogen-bond acceptors (Lipinski definition) is 2. The summed E-state index contributed by atoms with van der Waals surface area (Å²) in [5.74, 6) is -0.282. The Bertz CT molecular complexity index is 624. The molecule has 0 aliphatic rings. The van der Waals surface area contributed by atoms with Gasteiger partial charge in [-0.05, 0) is 48.2 Å². The molecular formula is C17H18BrFO2. The zero-order chi connectivity index (χ0) is 15.5. The molecule has 0 fully saturated rings. The number of halogens is 2. The lowest BCUT2D eigenvalue weighted by Gasteiger charge is -2.32. The maximum absolute atomic E-state index is 13.2. The van der Waals surface area contributed by atoms with E-state index in [9.17, 15) is 14.6 Å². The molecule has 0 unspecified atom stereocenters. The fourth-order valence-electron chi connectivity index (χ4n) is 2.54. The first-order chi connectivity index (χ1) is 10.0. The van der Waals surface area contributed by atoms with E-state index in [4.69, 9.17) is 0 Å². The van der Waals surface area contributed by atoms with Crippen molar-refractivity contribution in [3.63, 3.8) is 0 Å². The molecular weight excluding hydrogens is 335 g/mol. The average molecular weight is 353 g/mol. The highest BCUT2D eigenvalue weighted by Gasteiger charge is 2.33. The fraction of sp³-hybridized carbons (Fsp3) is 0.294. The molecule has 2 N–H and O–H groups in total. The second kappa shape index (κ2) is 6.69. The van der Waals surface area contributed by atoms with E-state index in [2.05, 4.69) is 15.9 Å². The lowest BCUT2D eigenvalue weighted by Crippen LogP contribution is -2.38. The van der Waals surface area contributed by atoms with Gasteiger partial charge in [0.05, 0.1) is 13.2 Å². The van der Waals surface area contributed by atoms with Gasteiger partial charge in [0.25, 0.3) is 0 Å². The summed E-state index contributed by atoms with van der Waals surface area (Å²) in [5.41, 5.74) is 1.77. The number of aliphatic hydroxyl groups is 2. The van der Waals surface area contributed by atoms with Gasteiger partial charge in [0.1, 0.15) is 5.82 Å². The van der Waals surface area contributed by atoms with E-state index in [1.807, 2.05) is 31.2 Å². The summed E-state index contributed by atoms with van der Waals surface area (Å²) in [6, 6.07) is 12.1. The number of rotatable bonds is 5. The Labute approximate surface area is 132 Å². The van der Waals surface area contributed by atoms with Crippen molar-refractivity contribution in [1.82, 2.24) is 0 Å². The molecule has 0 radical (unpaired) electrons. The number of aryl methyl sites for hydroxylation is 1. The van der Waals surface area contributed by atoms with Crippen molar-refractivity contribution in [3.8, 4) is 0 Å². The average Bonchev–Trinajstić information content (AvgIpc) is 2.48. The van der Waals surface area contributed by atoms with Crippen molar-refractivity contribution in [3.05, 3.63) is 69.4 Å². The van der Waals surface area contributed by atoms with Gasteiger partial charge in [0, 0.05) is 9.89 Å². The third-order valence-corrected chi connectivity index (χ3v) is 4.58. The van der Waals surface area contributed by atoms with Crippen molar-refractivity contribution in [2.45, 2.75) is 18.8 Å². The topological polar surface area (TPSA) is 40.5 Å². The minimum absolute atomic E-state index is 0.192. The van der Waals surface area contributed by atoms with Crippen molar-refractivity contribution in [2.75, 3.05) is 13.2 Å². The van der Waals surface area contributed by atoms with Crippen LogP contribution in [0.25, 0.3) is 0 Å². The first-order valence-electron chi connectivity index (χ1n) is 6.74. The first-order valence-corrected chi connectivity index (χ1v) is 7.53. The standard InChI is InChI=1S/C17H18BrFO2/c1-12-8-14(19)7-6-13(12)9-17(10-20,11-21)15-4-2-3-5-16(15)18/h2-8,20-21H,9-11H2,1H3. The minimum atomic E-state index is -0.803. The molecule has 4 heteroatoms. The second-order valence-corrected chi connectivity index (χ2v) is 6.18. The summed E-state index contributed by atoms with van der Waals surface area (Å²) < 4.78 is 14.1. The van der Waals surface area contributed by atoms with E-state index >= 15 is 0 Å². The van der Waals surface area contributed by atoms with Crippen LogP contribution in [0.3, 0.4) is 0 Å². The molecule has 0 amide bonds. The molecule has 2 nitrogen and oxygen atoms in total. The van der Waals surface area contributed by atoms with E-state index in [1.54, 1.807) is 6.07 Å². The maximum atomic E-state index is 13.2. The summed E-state index contributed by atoms with van der Waals surface area (Å²) in [4.78, 5) is 0. The summed E-state index contributed by atoms with van der Waals surface area (Å²) >= 11 is 3.48. The predicted octanol–water partition coefficient (Wildman–Crippen LogP) is 3.36. The quantitative estimate of drug-likeness (QED) is 0.866. The van der Waals surface area contributed by atoms with Crippen molar-refractivity contribution >= 4 is 15.9 Å². The van der Waals surface area contributed by atoms with Gasteiger partial charge < -0.3 is 10.2 Å². The molecule has 0 spiro atoms. The maximum Gasteiger partial charge on any atom is 0.123 e. The van der Waals surface area contributed by atoms with Gasteiger partial charge in [-0.25, -0.2) is 4.39 Å². The van der Waals surface area contributed by atoms with E-state index in [-0.39, 0.29) is 19.0 Å². The SMILES string of the molecule is Cc1cc(F)ccc1CC(CO)(CO)c1ccccc1Br. The van der Waals surface area contributed by atoms with E-state index in [1.165, 1.54) is 12.1 Å². The zero-order valence-corrected chi connectivity index (χ0v) is 13.4. The van der Waals surface area contributed by atoms with Crippen LogP contribution in [0, 0.1) is 12.7 Å². The largest absolute Gasteiger partial charge is 0.395 e. The van der Waals surface area contributed by atoms with Gasteiger partial charge in [0.2, 0.25) is 0 Å². The van der Waals surface area contributed by atoms with Crippen LogP contribution in [-0.4, -0.2) is 23.4 Å². The van der Waals surface area contributed by atoms with Crippen LogP contribution in [0.2, 0.25) is 0 Å². The molecule has 0 heterocycles. The summed E-state index contributed by atoms with van der Waals surface area (Å²) in [5, 5.41) is 19.8. The van der Waals surface area contributed by atoms with Gasteiger partial charge in [-0.1, -0.05) is 40.2 Å². The Hall–Kier alpha value is -1.23. The Balaban J connectivity index is 2.46. The normalized spacial score (nSPS) is 11.7. The molecule has 21 heavy (non-hydrogen) atoms. The third kappa shape index (κ3) is 3.34. The summed E-state index contributed by atoms with van der Waals surface area (Å²) in [6.45, 7) is 1.45. The highest BCUT2D eigenvalue weighted by atomic mass is 79.9. The van der Waals surface area contributed by atoms with Crippen LogP contribution < -0.4 is 0 Å². The van der Waals surface area contributed by atoms with Crippen LogP contribution in [0.1, 0.15) is 16.7 Å². The predicted molar refractivity (Wildman–Crippen MR) is 84.8 cm³/mol. The molecule has 2 aromatic carbocycles. The van der Waals surface area contributed by atoms with Gasteiger partial charge in [0.15, 0.2) is 0 Å². The van der Waals surface area contributed by atoms with E-state index in [0.717, 1.165) is 21.2 Å². The van der Waals surface area contributed by atoms with Crippen LogP contribution in [-0.2, 0) is 11.8 Å². The van der Waals surface area contributed by atoms with E-state index < -0.39 is 5.41 Å². The molecule has 0 aliphatic carbocycles. The molecule has 0 aliphatic heterocycles. The first kappa shape index (κ1) is 16.1. The Morgan fingerprint density at radius 1 is 1.10 bits per heavy atom. The molecule has 0 bridgehead atoms. The van der Waals surface area contributed by atoms with Gasteiger partial charge >= 0.3 is 0 Å². The fourth-order valence-corrected chi connectivity index (χ4v) is 3.25. The number of aliphatic hydroxyl groups excluding tert-OH is 2.